The smallest absolute Gasteiger partial charge is 0.407 e. The monoisotopic (exact) mass is 390 g/mol. The third-order valence-electron chi connectivity index (χ3n) is 5.12. The Morgan fingerprint density at radius 3 is 2.41 bits per heavy atom. The summed E-state index contributed by atoms with van der Waals surface area (Å²) in [5.41, 5.74) is 1.69. The maximum Gasteiger partial charge on any atom is 0.407 e. The molecule has 0 radical (unpaired) electrons. The van der Waals surface area contributed by atoms with E-state index >= 15 is 0 Å². The van der Waals surface area contributed by atoms with Gasteiger partial charge in [-0.3, -0.25) is 0 Å². The first-order valence-corrected chi connectivity index (χ1v) is 10.1. The summed E-state index contributed by atoms with van der Waals surface area (Å²) in [5, 5.41) is 2.74. The lowest BCUT2D eigenvalue weighted by Crippen LogP contribution is -2.46. The van der Waals surface area contributed by atoms with Crippen LogP contribution < -0.4 is 5.32 Å². The molecule has 0 aliphatic carbocycles. The number of alkyl carbamates (subject to hydrolysis) is 1. The molecule has 0 unspecified atom stereocenters. The Labute approximate surface area is 157 Å². The van der Waals surface area contributed by atoms with E-state index in [0.717, 1.165) is 11.1 Å². The van der Waals surface area contributed by atoms with Crippen LogP contribution in [0.2, 0.25) is 0 Å². The van der Waals surface area contributed by atoms with E-state index < -0.39 is 28.3 Å². The maximum absolute atomic E-state index is 13.2. The van der Waals surface area contributed by atoms with Gasteiger partial charge in [0.05, 0.1) is 17.5 Å². The van der Waals surface area contributed by atoms with Gasteiger partial charge in [0.15, 0.2) is 0 Å². The van der Waals surface area contributed by atoms with Gasteiger partial charge in [-0.05, 0) is 36.8 Å². The number of sulfonamides is 1. The number of nitrogens with one attached hydrogen (secondary N) is 1. The van der Waals surface area contributed by atoms with Crippen LogP contribution in [-0.2, 0) is 14.8 Å². The fraction of sp³-hybridized carbons (Fsp3) is 0.316. The number of halogens is 1. The van der Waals surface area contributed by atoms with E-state index in [1.54, 1.807) is 36.4 Å². The van der Waals surface area contributed by atoms with Crippen molar-refractivity contribution in [1.29, 1.82) is 0 Å². The highest BCUT2D eigenvalue weighted by molar-refractivity contribution is 7.89. The van der Waals surface area contributed by atoms with Gasteiger partial charge in [0.25, 0.3) is 0 Å². The summed E-state index contributed by atoms with van der Waals surface area (Å²) in [5.74, 6) is -0.628. The van der Waals surface area contributed by atoms with E-state index in [2.05, 4.69) is 5.32 Å². The summed E-state index contributed by atoms with van der Waals surface area (Å²) in [4.78, 5) is 12.2. The number of amides is 1. The molecule has 2 aromatic carbocycles. The molecule has 1 N–H and O–H groups in total. The van der Waals surface area contributed by atoms with Crippen molar-refractivity contribution in [2.75, 3.05) is 13.1 Å². The summed E-state index contributed by atoms with van der Waals surface area (Å²) in [6.07, 6.45) is -1.14. The standard InChI is InChI=1S/C19H19FN2O4S/c1-12-2-8-15(9-3-12)27(24,25)22-10-16-17(11-22)26-19(23)21-18(16)13-4-6-14(20)7-5-13/h2-9,16-18H,10-11H2,1H3,(H,21,23)/t16-,17+,18-/m0/s1. The van der Waals surface area contributed by atoms with Crippen LogP contribution in [0.5, 0.6) is 0 Å². The fourth-order valence-corrected chi connectivity index (χ4v) is 5.16. The second kappa shape index (κ2) is 6.61. The molecule has 2 aliphatic heterocycles. The van der Waals surface area contributed by atoms with Crippen LogP contribution in [0, 0.1) is 18.7 Å². The van der Waals surface area contributed by atoms with E-state index in [1.165, 1.54) is 16.4 Å². The number of rotatable bonds is 3. The van der Waals surface area contributed by atoms with Gasteiger partial charge in [-0.1, -0.05) is 29.8 Å². The number of hydrogen-bond donors (Lipinski definition) is 1. The Kier molecular flexibility index (Phi) is 4.39. The van der Waals surface area contributed by atoms with Crippen molar-refractivity contribution in [3.63, 3.8) is 0 Å². The molecular formula is C19H19FN2O4S. The van der Waals surface area contributed by atoms with E-state index in [4.69, 9.17) is 4.74 Å². The normalized spacial score (nSPS) is 25.6. The van der Waals surface area contributed by atoms with E-state index in [-0.39, 0.29) is 29.7 Å². The van der Waals surface area contributed by atoms with E-state index in [9.17, 15) is 17.6 Å². The Bertz CT molecular complexity index is 960. The van der Waals surface area contributed by atoms with Gasteiger partial charge >= 0.3 is 6.09 Å². The summed E-state index contributed by atoms with van der Waals surface area (Å²) >= 11 is 0. The molecule has 4 rings (SSSR count). The lowest BCUT2D eigenvalue weighted by Gasteiger charge is -2.33. The molecule has 2 heterocycles. The van der Waals surface area contributed by atoms with Crippen LogP contribution in [-0.4, -0.2) is 38.0 Å². The molecule has 0 bridgehead atoms. The van der Waals surface area contributed by atoms with Gasteiger partial charge in [-0.2, -0.15) is 4.31 Å². The molecule has 3 atom stereocenters. The van der Waals surface area contributed by atoms with Gasteiger partial charge in [-0.15, -0.1) is 0 Å². The molecule has 0 saturated carbocycles. The zero-order chi connectivity index (χ0) is 19.2. The highest BCUT2D eigenvalue weighted by Gasteiger charge is 2.48. The molecule has 2 aliphatic rings. The second-order valence-electron chi connectivity index (χ2n) is 6.92. The number of hydrogen-bond acceptors (Lipinski definition) is 4. The zero-order valence-corrected chi connectivity index (χ0v) is 15.4. The van der Waals surface area contributed by atoms with E-state index in [1.807, 2.05) is 6.92 Å². The van der Waals surface area contributed by atoms with Gasteiger partial charge in [0, 0.05) is 12.5 Å². The van der Waals surface area contributed by atoms with Crippen LogP contribution in [0.1, 0.15) is 17.2 Å². The topological polar surface area (TPSA) is 75.7 Å². The Balaban J connectivity index is 1.62. The first-order valence-electron chi connectivity index (χ1n) is 8.64. The predicted molar refractivity (Wildman–Crippen MR) is 96.0 cm³/mol. The molecule has 1 amide bonds. The van der Waals surface area contributed by atoms with Crippen molar-refractivity contribution in [2.24, 2.45) is 5.92 Å². The lowest BCUT2D eigenvalue weighted by molar-refractivity contribution is 0.0405. The Morgan fingerprint density at radius 2 is 1.74 bits per heavy atom. The Morgan fingerprint density at radius 1 is 1.07 bits per heavy atom. The minimum atomic E-state index is -3.69. The number of carbonyl (C=O) groups is 1. The van der Waals surface area contributed by atoms with Gasteiger partial charge in [0.2, 0.25) is 10.0 Å². The summed E-state index contributed by atoms with van der Waals surface area (Å²) < 4.78 is 45.9. The van der Waals surface area contributed by atoms with Crippen LogP contribution in [0.3, 0.4) is 0 Å². The molecule has 2 fully saturated rings. The maximum atomic E-state index is 13.2. The lowest BCUT2D eigenvalue weighted by atomic mass is 9.89. The van der Waals surface area contributed by atoms with Crippen molar-refractivity contribution in [2.45, 2.75) is 24.0 Å². The van der Waals surface area contributed by atoms with Crippen molar-refractivity contribution in [3.05, 3.63) is 65.5 Å². The average molecular weight is 390 g/mol. The molecular weight excluding hydrogens is 371 g/mol. The summed E-state index contributed by atoms with van der Waals surface area (Å²) in [6, 6.07) is 12.1. The first-order chi connectivity index (χ1) is 12.8. The number of ether oxygens (including phenoxy) is 1. The third kappa shape index (κ3) is 3.30. The highest BCUT2D eigenvalue weighted by atomic mass is 32.2. The number of carbonyl (C=O) groups excluding carboxylic acids is 1. The van der Waals surface area contributed by atoms with Crippen molar-refractivity contribution in [3.8, 4) is 0 Å². The largest absolute Gasteiger partial charge is 0.444 e. The number of aryl methyl sites for hydroxylation is 1. The summed E-state index contributed by atoms with van der Waals surface area (Å²) in [7, 11) is -3.69. The molecule has 0 aromatic heterocycles. The number of nitrogens with zero attached hydrogens (tertiary/aromatic N) is 1. The van der Waals surface area contributed by atoms with Crippen molar-refractivity contribution >= 4 is 16.1 Å². The minimum absolute atomic E-state index is 0.103. The molecule has 6 nitrogen and oxygen atoms in total. The number of benzene rings is 2. The third-order valence-corrected chi connectivity index (χ3v) is 6.97. The van der Waals surface area contributed by atoms with Crippen molar-refractivity contribution in [1.82, 2.24) is 9.62 Å². The molecule has 27 heavy (non-hydrogen) atoms. The molecule has 0 spiro atoms. The predicted octanol–water partition coefficient (Wildman–Crippen LogP) is 2.60. The summed E-state index contributed by atoms with van der Waals surface area (Å²) in [6.45, 7) is 2.20. The first kappa shape index (κ1) is 17.9. The minimum Gasteiger partial charge on any atom is -0.444 e. The molecule has 2 aromatic rings. The number of fused-ring (bicyclic) bond motifs is 1. The average Bonchev–Trinajstić information content (AvgIpc) is 3.07. The zero-order valence-electron chi connectivity index (χ0n) is 14.6. The SMILES string of the molecule is Cc1ccc(S(=O)(=O)N2C[C@H]3[C@@H](C2)OC(=O)N[C@H]3c2ccc(F)cc2)cc1. The highest BCUT2D eigenvalue weighted by Crippen LogP contribution is 2.37. The van der Waals surface area contributed by atoms with Crippen molar-refractivity contribution < 1.29 is 22.3 Å². The van der Waals surface area contributed by atoms with Gasteiger partial charge in [-0.25, -0.2) is 17.6 Å². The second-order valence-corrected chi connectivity index (χ2v) is 8.85. The quantitative estimate of drug-likeness (QED) is 0.874. The van der Waals surface area contributed by atoms with E-state index in [0.29, 0.717) is 0 Å². The molecule has 8 heteroatoms. The van der Waals surface area contributed by atoms with Crippen LogP contribution in [0.4, 0.5) is 9.18 Å². The van der Waals surface area contributed by atoms with Crippen LogP contribution in [0.15, 0.2) is 53.4 Å². The van der Waals surface area contributed by atoms with Crippen LogP contribution in [0.25, 0.3) is 0 Å². The van der Waals surface area contributed by atoms with Gasteiger partial charge < -0.3 is 10.1 Å². The molecule has 142 valence electrons. The Hall–Kier alpha value is -2.45. The fourth-order valence-electron chi connectivity index (χ4n) is 3.67. The van der Waals surface area contributed by atoms with Gasteiger partial charge in [0.1, 0.15) is 11.9 Å². The van der Waals surface area contributed by atoms with Crippen LogP contribution >= 0.6 is 0 Å². The molecule has 2 saturated heterocycles.